The van der Waals surface area contributed by atoms with Gasteiger partial charge in [-0.1, -0.05) is 63.2 Å². The Kier molecular flexibility index (Phi) is 7.23. The molecule has 2 fully saturated rings. The summed E-state index contributed by atoms with van der Waals surface area (Å²) in [6, 6.07) is 23.7. The number of carbonyl (C=O) groups excluding carboxylic acids is 2. The van der Waals surface area contributed by atoms with Crippen molar-refractivity contribution in [1.29, 1.82) is 0 Å². The average molecular weight is 571 g/mol. The van der Waals surface area contributed by atoms with Gasteiger partial charge in [-0.3, -0.25) is 9.69 Å². The molecule has 0 saturated carbocycles. The monoisotopic (exact) mass is 570 g/mol. The molecule has 220 valence electrons. The molecular formula is C34H38N2O6. The number of anilines is 2. The third-order valence-corrected chi connectivity index (χ3v) is 9.49. The zero-order valence-electron chi connectivity index (χ0n) is 24.6. The van der Waals surface area contributed by atoms with E-state index in [2.05, 4.69) is 32.9 Å². The maximum Gasteiger partial charge on any atom is 0.414 e. The number of nitrogens with zero attached hydrogens (tertiary/aromatic N) is 2. The fourth-order valence-corrected chi connectivity index (χ4v) is 7.42. The van der Waals surface area contributed by atoms with Crippen molar-refractivity contribution < 1.29 is 28.9 Å². The Hall–Kier alpha value is -3.88. The molecule has 0 radical (unpaired) electrons. The lowest BCUT2D eigenvalue weighted by molar-refractivity contribution is -0.146. The second kappa shape index (κ2) is 10.7. The number of benzene rings is 3. The molecule has 8 heteroatoms. The number of fused-ring (bicyclic) bond motifs is 2. The van der Waals surface area contributed by atoms with Crippen LogP contribution in [0.5, 0.6) is 5.75 Å². The van der Waals surface area contributed by atoms with Crippen molar-refractivity contribution >= 4 is 23.4 Å². The van der Waals surface area contributed by atoms with Gasteiger partial charge in [-0.05, 0) is 53.3 Å². The molecule has 2 saturated heterocycles. The molecule has 1 spiro atoms. The van der Waals surface area contributed by atoms with Crippen LogP contribution in [-0.2, 0) is 31.8 Å². The van der Waals surface area contributed by atoms with Crippen molar-refractivity contribution in [3.8, 4) is 5.75 Å². The van der Waals surface area contributed by atoms with Crippen molar-refractivity contribution in [2.45, 2.75) is 50.9 Å². The van der Waals surface area contributed by atoms with Gasteiger partial charge in [0.2, 0.25) is 0 Å². The highest BCUT2D eigenvalue weighted by atomic mass is 16.6. The van der Waals surface area contributed by atoms with Gasteiger partial charge >= 0.3 is 6.09 Å². The molecule has 0 aliphatic carbocycles. The Balaban J connectivity index is 1.48. The molecular weight excluding hydrogens is 532 g/mol. The van der Waals surface area contributed by atoms with Crippen molar-refractivity contribution in [3.63, 3.8) is 0 Å². The predicted octanol–water partition coefficient (Wildman–Crippen LogP) is 5.41. The predicted molar refractivity (Wildman–Crippen MR) is 160 cm³/mol. The van der Waals surface area contributed by atoms with E-state index in [1.54, 1.807) is 12.0 Å². The summed E-state index contributed by atoms with van der Waals surface area (Å²) >= 11 is 0. The highest BCUT2D eigenvalue weighted by Gasteiger charge is 2.66. The summed E-state index contributed by atoms with van der Waals surface area (Å²) in [5.74, 6) is 0.301. The number of aliphatic hydroxyl groups excluding tert-OH is 1. The van der Waals surface area contributed by atoms with E-state index in [0.29, 0.717) is 31.8 Å². The molecule has 0 unspecified atom stereocenters. The number of ether oxygens (including phenoxy) is 3. The molecule has 3 aliphatic rings. The molecule has 6 rings (SSSR count). The van der Waals surface area contributed by atoms with Crippen LogP contribution >= 0.6 is 0 Å². The van der Waals surface area contributed by atoms with E-state index in [1.807, 2.05) is 65.6 Å². The number of hydrogen-bond acceptors (Lipinski definition) is 6. The Morgan fingerprint density at radius 3 is 2.43 bits per heavy atom. The van der Waals surface area contributed by atoms with Crippen molar-refractivity contribution in [2.24, 2.45) is 11.8 Å². The van der Waals surface area contributed by atoms with Crippen LogP contribution in [0.25, 0.3) is 0 Å². The Bertz CT molecular complexity index is 1470. The van der Waals surface area contributed by atoms with Crippen LogP contribution in [0.1, 0.15) is 43.9 Å². The fourth-order valence-electron chi connectivity index (χ4n) is 7.42. The molecule has 8 nitrogen and oxygen atoms in total. The van der Waals surface area contributed by atoms with Gasteiger partial charge in [0.25, 0.3) is 5.91 Å². The first-order valence-corrected chi connectivity index (χ1v) is 14.6. The van der Waals surface area contributed by atoms with Crippen molar-refractivity contribution in [2.75, 3.05) is 36.7 Å². The number of amides is 2. The largest absolute Gasteiger partial charge is 0.497 e. The Morgan fingerprint density at radius 1 is 1.05 bits per heavy atom. The molecule has 2 amide bonds. The third kappa shape index (κ3) is 4.36. The number of rotatable bonds is 8. The summed E-state index contributed by atoms with van der Waals surface area (Å²) in [6.45, 7) is 7.57. The minimum Gasteiger partial charge on any atom is -0.497 e. The first-order valence-electron chi connectivity index (χ1n) is 14.6. The van der Waals surface area contributed by atoms with E-state index in [9.17, 15) is 14.7 Å². The van der Waals surface area contributed by atoms with Crippen LogP contribution in [-0.4, -0.2) is 50.1 Å². The maximum atomic E-state index is 14.8. The van der Waals surface area contributed by atoms with Crippen LogP contribution in [0.2, 0.25) is 0 Å². The first kappa shape index (κ1) is 28.2. The summed E-state index contributed by atoms with van der Waals surface area (Å²) in [7, 11) is 1.65. The highest BCUT2D eigenvalue weighted by molar-refractivity contribution is 6.08. The summed E-state index contributed by atoms with van der Waals surface area (Å²) in [5, 5.41) is 10.1. The maximum absolute atomic E-state index is 14.8. The van der Waals surface area contributed by atoms with Gasteiger partial charge in [-0.25, -0.2) is 4.79 Å². The molecule has 0 aromatic heterocycles. The molecule has 4 atom stereocenters. The number of cyclic esters (lactones) is 1. The lowest BCUT2D eigenvalue weighted by atomic mass is 9.63. The normalized spacial score (nSPS) is 25.3. The summed E-state index contributed by atoms with van der Waals surface area (Å²) in [4.78, 5) is 30.7. The lowest BCUT2D eigenvalue weighted by Gasteiger charge is -2.38. The van der Waals surface area contributed by atoms with Gasteiger partial charge < -0.3 is 24.2 Å². The Labute approximate surface area is 246 Å². The zero-order valence-corrected chi connectivity index (χ0v) is 24.6. The fraction of sp³-hybridized carbons (Fsp3) is 0.412. The topological polar surface area (TPSA) is 88.5 Å². The van der Waals surface area contributed by atoms with Gasteiger partial charge in [0.1, 0.15) is 12.4 Å². The minimum absolute atomic E-state index is 0.0584. The molecule has 0 bridgehead atoms. The molecule has 1 N–H and O–H groups in total. The van der Waals surface area contributed by atoms with E-state index in [0.717, 1.165) is 28.1 Å². The number of hydrogen-bond donors (Lipinski definition) is 1. The van der Waals surface area contributed by atoms with Gasteiger partial charge in [0.05, 0.1) is 32.0 Å². The van der Waals surface area contributed by atoms with E-state index in [4.69, 9.17) is 14.2 Å². The highest BCUT2D eigenvalue weighted by Crippen LogP contribution is 2.60. The minimum atomic E-state index is -1.28. The molecule has 3 aromatic rings. The molecule has 3 heterocycles. The van der Waals surface area contributed by atoms with E-state index >= 15 is 0 Å². The second-order valence-corrected chi connectivity index (χ2v) is 12.0. The average Bonchev–Trinajstić information content (AvgIpc) is 3.63. The number of methoxy groups -OCH3 is 1. The van der Waals surface area contributed by atoms with Crippen LogP contribution < -0.4 is 14.5 Å². The van der Waals surface area contributed by atoms with Crippen LogP contribution in [0.3, 0.4) is 0 Å². The van der Waals surface area contributed by atoms with E-state index in [-0.39, 0.29) is 30.5 Å². The number of aliphatic hydroxyl groups is 1. The van der Waals surface area contributed by atoms with Crippen LogP contribution in [0, 0.1) is 11.8 Å². The quantitative estimate of drug-likeness (QED) is 0.390. The number of carbonyl (C=O) groups is 2. The lowest BCUT2D eigenvalue weighted by Crippen LogP contribution is -2.45. The van der Waals surface area contributed by atoms with Gasteiger partial charge in [-0.2, -0.15) is 0 Å². The van der Waals surface area contributed by atoms with E-state index < -0.39 is 17.1 Å². The standard InChI is InChI=1S/C34H38N2O6/c1-22-30(33(2,3)24-10-13-26(40-4)14-11-24)29(16-18-37)42-34(22)27-20-25(35-17-19-41-32(35)39)12-15-28(27)36(31(34)38)21-23-8-6-5-7-9-23/h5-15,20,22,29-30,37H,16-19,21H2,1-4H3/t22-,29+,30-,34+/m1/s1. The van der Waals surface area contributed by atoms with Gasteiger partial charge in [0, 0.05) is 29.7 Å². The van der Waals surface area contributed by atoms with Crippen LogP contribution in [0.4, 0.5) is 16.2 Å². The van der Waals surface area contributed by atoms with E-state index in [1.165, 1.54) is 0 Å². The van der Waals surface area contributed by atoms with Crippen LogP contribution in [0.15, 0.2) is 72.8 Å². The smallest absolute Gasteiger partial charge is 0.414 e. The van der Waals surface area contributed by atoms with Gasteiger partial charge in [0.15, 0.2) is 5.60 Å². The van der Waals surface area contributed by atoms with Crippen molar-refractivity contribution in [3.05, 3.63) is 89.5 Å². The second-order valence-electron chi connectivity index (χ2n) is 12.0. The summed E-state index contributed by atoms with van der Waals surface area (Å²) in [6.07, 6.45) is -0.377. The summed E-state index contributed by atoms with van der Waals surface area (Å²) in [5.41, 5.74) is 2.63. The molecule has 3 aromatic carbocycles. The van der Waals surface area contributed by atoms with Crippen molar-refractivity contribution in [1.82, 2.24) is 0 Å². The zero-order chi connectivity index (χ0) is 29.6. The molecule has 42 heavy (non-hydrogen) atoms. The first-order chi connectivity index (χ1) is 20.2. The summed E-state index contributed by atoms with van der Waals surface area (Å²) < 4.78 is 17.6. The Morgan fingerprint density at radius 2 is 1.79 bits per heavy atom. The van der Waals surface area contributed by atoms with Gasteiger partial charge in [-0.15, -0.1) is 0 Å². The molecule has 3 aliphatic heterocycles. The third-order valence-electron chi connectivity index (χ3n) is 9.49. The SMILES string of the molecule is COc1ccc(C(C)(C)[C@H]2[C@H](CCO)O[C@@]3(C(=O)N(Cc4ccccc4)c4ccc(N5CCOC5=O)cc43)[C@@H]2C)cc1.